The fraction of sp³-hybridized carbons (Fsp3) is 1.00. The van der Waals surface area contributed by atoms with Crippen LogP contribution < -0.4 is 0 Å². The van der Waals surface area contributed by atoms with Crippen molar-refractivity contribution in [2.24, 2.45) is 0 Å². The highest BCUT2D eigenvalue weighted by molar-refractivity contribution is 7.80. The maximum atomic E-state index is 5.55. The molecular weight excluding hydrogens is 176 g/mol. The lowest BCUT2D eigenvalue weighted by Gasteiger charge is -1.98. The van der Waals surface area contributed by atoms with E-state index in [2.05, 4.69) is 12.6 Å². The van der Waals surface area contributed by atoms with Crippen LogP contribution in [-0.4, -0.2) is 11.6 Å². The molecule has 2 heteroatoms. The van der Waals surface area contributed by atoms with Crippen molar-refractivity contribution in [1.82, 2.24) is 0 Å². The van der Waals surface area contributed by atoms with Crippen LogP contribution in [0.2, 0.25) is 0 Å². The van der Waals surface area contributed by atoms with Crippen molar-refractivity contribution in [2.45, 2.75) is 44.9 Å². The molecule has 0 rings (SSSR count). The summed E-state index contributed by atoms with van der Waals surface area (Å²) in [6.07, 6.45) is 9.24. The minimum absolute atomic E-state index is 0.830. The molecule has 0 radical (unpaired) electrons. The zero-order chi connectivity index (χ0) is 8.36. The van der Waals surface area contributed by atoms with E-state index in [4.69, 9.17) is 11.6 Å². The standard InChI is InChI=1S/C9H19ClS/c10-8-6-4-2-1-3-5-7-9-11/h11H,1-9H2. The lowest BCUT2D eigenvalue weighted by atomic mass is 10.1. The summed E-state index contributed by atoms with van der Waals surface area (Å²) in [5, 5.41) is 0. The van der Waals surface area contributed by atoms with Gasteiger partial charge < -0.3 is 0 Å². The fourth-order valence-corrected chi connectivity index (χ4v) is 1.50. The number of hydrogen-bond acceptors (Lipinski definition) is 1. The molecule has 0 aromatic rings. The molecule has 0 unspecified atom stereocenters. The quantitative estimate of drug-likeness (QED) is 0.339. The van der Waals surface area contributed by atoms with Gasteiger partial charge in [0.1, 0.15) is 0 Å². The maximum absolute atomic E-state index is 5.55. The lowest BCUT2D eigenvalue weighted by Crippen LogP contribution is -1.81. The third-order valence-electron chi connectivity index (χ3n) is 1.79. The summed E-state index contributed by atoms with van der Waals surface area (Å²) in [7, 11) is 0. The highest BCUT2D eigenvalue weighted by Gasteiger charge is 1.89. The van der Waals surface area contributed by atoms with Crippen molar-refractivity contribution in [3.63, 3.8) is 0 Å². The molecule has 0 aliphatic carbocycles. The largest absolute Gasteiger partial charge is 0.179 e. The average molecular weight is 195 g/mol. The molecule has 0 bridgehead atoms. The van der Waals surface area contributed by atoms with E-state index in [1.54, 1.807) is 0 Å². The van der Waals surface area contributed by atoms with Crippen LogP contribution in [-0.2, 0) is 0 Å². The average Bonchev–Trinajstić information content (AvgIpc) is 2.03. The molecule has 11 heavy (non-hydrogen) atoms. The van der Waals surface area contributed by atoms with E-state index in [1.165, 1.54) is 44.9 Å². The van der Waals surface area contributed by atoms with Gasteiger partial charge >= 0.3 is 0 Å². The number of unbranched alkanes of at least 4 members (excludes halogenated alkanes) is 6. The predicted molar refractivity (Wildman–Crippen MR) is 56.9 cm³/mol. The molecule has 0 heterocycles. The lowest BCUT2D eigenvalue weighted by molar-refractivity contribution is 0.605. The smallest absolute Gasteiger partial charge is 0.0223 e. The van der Waals surface area contributed by atoms with Crippen LogP contribution in [0.1, 0.15) is 44.9 Å². The molecule has 0 aliphatic rings. The second-order valence-corrected chi connectivity index (χ2v) is 3.71. The van der Waals surface area contributed by atoms with Gasteiger partial charge in [0.05, 0.1) is 0 Å². The van der Waals surface area contributed by atoms with Gasteiger partial charge in [-0.15, -0.1) is 11.6 Å². The summed E-state index contributed by atoms with van der Waals surface area (Å²) in [6.45, 7) is 0. The SMILES string of the molecule is SCCCCCCCCCCl. The Kier molecular flexibility index (Phi) is 11.3. The first kappa shape index (κ1) is 11.6. The first-order chi connectivity index (χ1) is 5.41. The van der Waals surface area contributed by atoms with Crippen LogP contribution in [0.5, 0.6) is 0 Å². The summed E-state index contributed by atoms with van der Waals surface area (Å²) in [4.78, 5) is 0. The second kappa shape index (κ2) is 10.6. The summed E-state index contributed by atoms with van der Waals surface area (Å²) in [5.41, 5.74) is 0. The first-order valence-electron chi connectivity index (χ1n) is 4.58. The fourth-order valence-electron chi connectivity index (χ4n) is 1.09. The third kappa shape index (κ3) is 10.6. The Balaban J connectivity index is 2.69. The third-order valence-corrected chi connectivity index (χ3v) is 2.38. The molecule has 0 aliphatic heterocycles. The molecule has 0 N–H and O–H groups in total. The summed E-state index contributed by atoms with van der Waals surface area (Å²) in [5.74, 6) is 1.87. The summed E-state index contributed by atoms with van der Waals surface area (Å²) >= 11 is 9.72. The first-order valence-corrected chi connectivity index (χ1v) is 5.75. The summed E-state index contributed by atoms with van der Waals surface area (Å²) < 4.78 is 0. The van der Waals surface area contributed by atoms with Crippen molar-refractivity contribution in [3.8, 4) is 0 Å². The van der Waals surface area contributed by atoms with E-state index in [0.29, 0.717) is 0 Å². The Morgan fingerprint density at radius 3 is 1.64 bits per heavy atom. The second-order valence-electron chi connectivity index (χ2n) is 2.89. The molecular formula is C9H19ClS. The number of alkyl halides is 1. The van der Waals surface area contributed by atoms with Crippen molar-refractivity contribution in [3.05, 3.63) is 0 Å². The van der Waals surface area contributed by atoms with Crippen LogP contribution in [0.3, 0.4) is 0 Å². The van der Waals surface area contributed by atoms with Crippen molar-refractivity contribution in [2.75, 3.05) is 11.6 Å². The Morgan fingerprint density at radius 1 is 0.727 bits per heavy atom. The topological polar surface area (TPSA) is 0 Å². The van der Waals surface area contributed by atoms with Gasteiger partial charge in [0.15, 0.2) is 0 Å². The summed E-state index contributed by atoms with van der Waals surface area (Å²) in [6, 6.07) is 0. The van der Waals surface area contributed by atoms with Gasteiger partial charge in [0, 0.05) is 5.88 Å². The van der Waals surface area contributed by atoms with E-state index in [-0.39, 0.29) is 0 Å². The molecule has 0 aromatic heterocycles. The van der Waals surface area contributed by atoms with E-state index < -0.39 is 0 Å². The monoisotopic (exact) mass is 194 g/mol. The molecule has 0 amide bonds. The van der Waals surface area contributed by atoms with Gasteiger partial charge in [-0.1, -0.05) is 32.1 Å². The molecule has 0 nitrogen and oxygen atoms in total. The minimum Gasteiger partial charge on any atom is -0.179 e. The molecule has 0 spiro atoms. The number of halogens is 1. The Hall–Kier alpha value is 0.640. The van der Waals surface area contributed by atoms with Crippen LogP contribution in [0, 0.1) is 0 Å². The van der Waals surface area contributed by atoms with E-state index in [0.717, 1.165) is 11.6 Å². The highest BCUT2D eigenvalue weighted by atomic mass is 35.5. The van der Waals surface area contributed by atoms with Crippen LogP contribution in [0.4, 0.5) is 0 Å². The molecule has 0 aromatic carbocycles. The molecule has 0 saturated carbocycles. The van der Waals surface area contributed by atoms with Gasteiger partial charge in [-0.3, -0.25) is 0 Å². The minimum atomic E-state index is 0.830. The van der Waals surface area contributed by atoms with Gasteiger partial charge in [-0.05, 0) is 18.6 Å². The molecule has 0 fully saturated rings. The number of thiol groups is 1. The van der Waals surface area contributed by atoms with Crippen LogP contribution in [0.15, 0.2) is 0 Å². The molecule has 68 valence electrons. The highest BCUT2D eigenvalue weighted by Crippen LogP contribution is 2.07. The van der Waals surface area contributed by atoms with Crippen LogP contribution in [0.25, 0.3) is 0 Å². The normalized spacial score (nSPS) is 10.4. The van der Waals surface area contributed by atoms with Gasteiger partial charge in [-0.2, -0.15) is 12.6 Å². The molecule has 0 saturated heterocycles. The van der Waals surface area contributed by atoms with Gasteiger partial charge in [0.25, 0.3) is 0 Å². The van der Waals surface area contributed by atoms with Gasteiger partial charge in [-0.25, -0.2) is 0 Å². The van der Waals surface area contributed by atoms with E-state index >= 15 is 0 Å². The van der Waals surface area contributed by atoms with Crippen molar-refractivity contribution < 1.29 is 0 Å². The zero-order valence-electron chi connectivity index (χ0n) is 7.19. The predicted octanol–water partition coefficient (Wildman–Crippen LogP) is 3.89. The Labute approximate surface area is 81.1 Å². The van der Waals surface area contributed by atoms with E-state index in [1.807, 2.05) is 0 Å². The Morgan fingerprint density at radius 2 is 1.18 bits per heavy atom. The van der Waals surface area contributed by atoms with Crippen LogP contribution >= 0.6 is 24.2 Å². The van der Waals surface area contributed by atoms with E-state index in [9.17, 15) is 0 Å². The van der Waals surface area contributed by atoms with Gasteiger partial charge in [0.2, 0.25) is 0 Å². The Bertz CT molecular complexity index is 58.6. The maximum Gasteiger partial charge on any atom is 0.0223 e. The molecule has 0 atom stereocenters. The van der Waals surface area contributed by atoms with Crippen molar-refractivity contribution in [1.29, 1.82) is 0 Å². The van der Waals surface area contributed by atoms with Crippen molar-refractivity contribution >= 4 is 24.2 Å². The zero-order valence-corrected chi connectivity index (χ0v) is 8.84. The number of rotatable bonds is 8. The number of hydrogen-bond donors (Lipinski definition) is 1.